The van der Waals surface area contributed by atoms with Gasteiger partial charge in [-0.25, -0.2) is 4.98 Å². The first-order chi connectivity index (χ1) is 17.5. The van der Waals surface area contributed by atoms with Gasteiger partial charge in [0, 0.05) is 42.6 Å². The number of benzene rings is 3. The van der Waals surface area contributed by atoms with E-state index in [1.165, 1.54) is 4.68 Å². The van der Waals surface area contributed by atoms with Crippen molar-refractivity contribution in [1.82, 2.24) is 23.9 Å². The quantitative estimate of drug-likeness (QED) is 0.377. The van der Waals surface area contributed by atoms with Crippen LogP contribution in [0, 0.1) is 0 Å². The van der Waals surface area contributed by atoms with Gasteiger partial charge in [0.05, 0.1) is 11.0 Å². The first-order valence-electron chi connectivity index (χ1n) is 11.8. The minimum absolute atomic E-state index is 0.208. The summed E-state index contributed by atoms with van der Waals surface area (Å²) < 4.78 is 4.91. The number of amides is 1. The molecule has 8 nitrogen and oxygen atoms in total. The van der Waals surface area contributed by atoms with E-state index in [1.807, 2.05) is 109 Å². The van der Waals surface area contributed by atoms with Gasteiger partial charge < -0.3 is 14.0 Å². The molecule has 3 heterocycles. The average molecular weight is 477 g/mol. The molecule has 0 saturated carbocycles. The lowest BCUT2D eigenvalue weighted by atomic mass is 10.1. The van der Waals surface area contributed by atoms with E-state index in [-0.39, 0.29) is 17.2 Å². The Morgan fingerprint density at radius 1 is 0.861 bits per heavy atom. The smallest absolute Gasteiger partial charge is 0.298 e. The summed E-state index contributed by atoms with van der Waals surface area (Å²) in [6.45, 7) is 2.37. The van der Waals surface area contributed by atoms with E-state index in [0.29, 0.717) is 23.4 Å². The number of para-hydroxylation sites is 4. The van der Waals surface area contributed by atoms with Crippen LogP contribution in [0.1, 0.15) is 17.4 Å². The number of aromatic nitrogens is 5. The molecule has 0 saturated heterocycles. The van der Waals surface area contributed by atoms with Crippen molar-refractivity contribution < 1.29 is 4.79 Å². The molecule has 0 radical (unpaired) electrons. The fourth-order valence-corrected chi connectivity index (χ4v) is 4.97. The predicted octanol–water partition coefficient (Wildman–Crippen LogP) is 4.43. The molecule has 0 fully saturated rings. The van der Waals surface area contributed by atoms with E-state index in [2.05, 4.69) is 4.98 Å². The zero-order valence-electron chi connectivity index (χ0n) is 20.2. The number of rotatable bonds is 4. The lowest BCUT2D eigenvalue weighted by Crippen LogP contribution is -2.34. The number of imidazole rings is 1. The maximum absolute atomic E-state index is 14.1. The number of hydrogen-bond donors (Lipinski definition) is 0. The first-order valence-corrected chi connectivity index (χ1v) is 11.8. The summed E-state index contributed by atoms with van der Waals surface area (Å²) in [4.78, 5) is 34.4. The molecule has 8 heteroatoms. The molecule has 36 heavy (non-hydrogen) atoms. The average Bonchev–Trinajstić information content (AvgIpc) is 3.40. The number of carbonyl (C=O) groups is 1. The van der Waals surface area contributed by atoms with Crippen LogP contribution in [0.2, 0.25) is 0 Å². The number of hydrogen-bond acceptors (Lipinski definition) is 4. The Morgan fingerprint density at radius 3 is 2.25 bits per heavy atom. The highest BCUT2D eigenvalue weighted by molar-refractivity contribution is 6.20. The summed E-state index contributed by atoms with van der Waals surface area (Å²) in [5.41, 5.74) is 3.51. The van der Waals surface area contributed by atoms with E-state index < -0.39 is 0 Å². The molecule has 0 spiro atoms. The van der Waals surface area contributed by atoms with E-state index in [0.717, 1.165) is 27.6 Å². The zero-order chi connectivity index (χ0) is 25.0. The molecule has 3 aromatic heterocycles. The van der Waals surface area contributed by atoms with Crippen LogP contribution in [0.4, 0.5) is 5.69 Å². The Morgan fingerprint density at radius 2 is 1.53 bits per heavy atom. The van der Waals surface area contributed by atoms with E-state index >= 15 is 0 Å². The van der Waals surface area contributed by atoms with Crippen molar-refractivity contribution in [2.24, 2.45) is 14.1 Å². The molecule has 6 aromatic rings. The van der Waals surface area contributed by atoms with Crippen molar-refractivity contribution in [3.8, 4) is 5.95 Å². The van der Waals surface area contributed by atoms with E-state index in [1.54, 1.807) is 4.90 Å². The van der Waals surface area contributed by atoms with Gasteiger partial charge >= 0.3 is 0 Å². The van der Waals surface area contributed by atoms with E-state index in [4.69, 9.17) is 5.10 Å². The van der Waals surface area contributed by atoms with Crippen LogP contribution in [0.5, 0.6) is 0 Å². The molecular formula is C28H24N6O2. The highest BCUT2D eigenvalue weighted by Crippen LogP contribution is 2.30. The Hall–Kier alpha value is -4.72. The predicted molar refractivity (Wildman–Crippen MR) is 142 cm³/mol. The SMILES string of the molecule is CCN(C(=O)c1nn(-c2nc3ccccc3n2C)c(=O)c2c1c1ccccc1n2C)c1ccccc1. The summed E-state index contributed by atoms with van der Waals surface area (Å²) in [5, 5.41) is 6.06. The summed E-state index contributed by atoms with van der Waals surface area (Å²) >= 11 is 0. The van der Waals surface area contributed by atoms with Crippen LogP contribution in [-0.2, 0) is 14.1 Å². The molecule has 0 bridgehead atoms. The summed E-state index contributed by atoms with van der Waals surface area (Å²) in [5.74, 6) is 0.0720. The summed E-state index contributed by atoms with van der Waals surface area (Å²) in [7, 11) is 3.68. The van der Waals surface area contributed by atoms with Gasteiger partial charge in [0.15, 0.2) is 5.69 Å². The first kappa shape index (κ1) is 21.8. The van der Waals surface area contributed by atoms with Crippen molar-refractivity contribution in [2.75, 3.05) is 11.4 Å². The standard InChI is InChI=1S/C28H24N6O2/c1-4-33(18-12-6-5-7-13-18)26(35)24-23-19-14-8-10-16-21(19)31(2)25(23)27(36)34(30-24)28-29-20-15-9-11-17-22(20)32(28)3/h5-17H,4H2,1-3H3. The molecular weight excluding hydrogens is 452 g/mol. The molecule has 6 rings (SSSR count). The summed E-state index contributed by atoms with van der Waals surface area (Å²) in [6, 6.07) is 24.8. The topological polar surface area (TPSA) is 78.0 Å². The van der Waals surface area contributed by atoms with Crippen LogP contribution < -0.4 is 10.5 Å². The van der Waals surface area contributed by atoms with E-state index in [9.17, 15) is 9.59 Å². The number of fused-ring (bicyclic) bond motifs is 4. The maximum atomic E-state index is 14.1. The second-order valence-electron chi connectivity index (χ2n) is 8.71. The Balaban J connectivity index is 1.71. The monoisotopic (exact) mass is 476 g/mol. The van der Waals surface area contributed by atoms with Crippen molar-refractivity contribution in [1.29, 1.82) is 0 Å². The van der Waals surface area contributed by atoms with Crippen LogP contribution in [-0.4, -0.2) is 36.4 Å². The molecule has 0 unspecified atom stereocenters. The third-order valence-electron chi connectivity index (χ3n) is 6.72. The highest BCUT2D eigenvalue weighted by Gasteiger charge is 2.28. The van der Waals surface area contributed by atoms with Crippen molar-refractivity contribution in [2.45, 2.75) is 6.92 Å². The van der Waals surface area contributed by atoms with Gasteiger partial charge in [0.1, 0.15) is 5.52 Å². The van der Waals surface area contributed by atoms with Gasteiger partial charge in [-0.15, -0.1) is 0 Å². The van der Waals surface area contributed by atoms with Crippen molar-refractivity contribution in [3.63, 3.8) is 0 Å². The fourth-order valence-electron chi connectivity index (χ4n) is 4.97. The fraction of sp³-hybridized carbons (Fsp3) is 0.143. The van der Waals surface area contributed by atoms with Gasteiger partial charge in [-0.05, 0) is 37.3 Å². The Kier molecular flexibility index (Phi) is 4.96. The molecule has 1 amide bonds. The molecule has 0 atom stereocenters. The number of anilines is 1. The van der Waals surface area contributed by atoms with Gasteiger partial charge in [-0.3, -0.25) is 9.59 Å². The van der Waals surface area contributed by atoms with Crippen LogP contribution in [0.3, 0.4) is 0 Å². The third-order valence-corrected chi connectivity index (χ3v) is 6.72. The zero-order valence-corrected chi connectivity index (χ0v) is 20.2. The van der Waals surface area contributed by atoms with Crippen molar-refractivity contribution in [3.05, 3.63) is 94.9 Å². The molecule has 0 aliphatic heterocycles. The van der Waals surface area contributed by atoms with Gasteiger partial charge in [0.25, 0.3) is 11.5 Å². The Labute approximate surface area is 206 Å². The lowest BCUT2D eigenvalue weighted by molar-refractivity contribution is 0.0983. The van der Waals surface area contributed by atoms with Crippen LogP contribution in [0.25, 0.3) is 38.8 Å². The van der Waals surface area contributed by atoms with Gasteiger partial charge in [0.2, 0.25) is 5.95 Å². The second-order valence-corrected chi connectivity index (χ2v) is 8.71. The Bertz CT molecular complexity index is 1850. The largest absolute Gasteiger partial charge is 0.339 e. The third kappa shape index (κ3) is 3.07. The normalized spacial score (nSPS) is 11.5. The van der Waals surface area contributed by atoms with Crippen molar-refractivity contribution >= 4 is 44.4 Å². The van der Waals surface area contributed by atoms with Gasteiger partial charge in [-0.2, -0.15) is 9.78 Å². The number of carbonyl (C=O) groups excluding carboxylic acids is 1. The molecule has 0 N–H and O–H groups in total. The minimum Gasteiger partial charge on any atom is -0.339 e. The minimum atomic E-state index is -0.332. The highest BCUT2D eigenvalue weighted by atomic mass is 16.2. The van der Waals surface area contributed by atoms with Gasteiger partial charge in [-0.1, -0.05) is 48.5 Å². The second kappa shape index (κ2) is 8.20. The molecule has 3 aromatic carbocycles. The number of nitrogens with zero attached hydrogens (tertiary/aromatic N) is 6. The van der Waals surface area contributed by atoms with Crippen LogP contribution >= 0.6 is 0 Å². The molecule has 178 valence electrons. The van der Waals surface area contributed by atoms with Crippen LogP contribution in [0.15, 0.2) is 83.7 Å². The summed E-state index contributed by atoms with van der Waals surface area (Å²) in [6.07, 6.45) is 0. The number of aryl methyl sites for hydroxylation is 2. The lowest BCUT2D eigenvalue weighted by Gasteiger charge is -2.21. The maximum Gasteiger partial charge on any atom is 0.298 e. The molecule has 0 aliphatic carbocycles. The molecule has 0 aliphatic rings.